The van der Waals surface area contributed by atoms with E-state index in [1.807, 2.05) is 0 Å². The zero-order valence-electron chi connectivity index (χ0n) is 41.1. The summed E-state index contributed by atoms with van der Waals surface area (Å²) >= 11 is 0. The first-order valence-electron chi connectivity index (χ1n) is 26.0. The van der Waals surface area contributed by atoms with E-state index in [0.29, 0.717) is 12.8 Å². The number of unbranched alkanes of at least 4 members (excludes halogenated alkanes) is 34. The van der Waals surface area contributed by atoms with Crippen molar-refractivity contribution in [2.75, 3.05) is 13.2 Å². The molecule has 63 heavy (non-hydrogen) atoms. The third-order valence-corrected chi connectivity index (χ3v) is 12.8. The molecule has 0 spiro atoms. The van der Waals surface area contributed by atoms with Crippen molar-refractivity contribution in [3.8, 4) is 0 Å². The van der Waals surface area contributed by atoms with Crippen LogP contribution in [0.2, 0.25) is 0 Å². The fourth-order valence-corrected chi connectivity index (χ4v) is 8.47. The summed E-state index contributed by atoms with van der Waals surface area (Å²) in [4.78, 5) is 25.4. The molecule has 0 fully saturated rings. The molecule has 1 rings (SSSR count). The molecule has 0 bridgehead atoms. The van der Waals surface area contributed by atoms with E-state index in [9.17, 15) is 22.6 Å². The molecule has 0 aliphatic heterocycles. The van der Waals surface area contributed by atoms with E-state index in [1.54, 1.807) is 0 Å². The topological polar surface area (TPSA) is 110 Å². The Morgan fingerprint density at radius 1 is 0.429 bits per heavy atom. The van der Waals surface area contributed by atoms with Gasteiger partial charge < -0.3 is 14.0 Å². The van der Waals surface area contributed by atoms with Gasteiger partial charge in [-0.15, -0.1) is 0 Å². The number of carbonyl (C=O) groups is 2. The zero-order chi connectivity index (χ0) is 45.0. The summed E-state index contributed by atoms with van der Waals surface area (Å²) in [5, 5.41) is 0. The van der Waals surface area contributed by atoms with Gasteiger partial charge in [-0.3, -0.25) is 0 Å². The van der Waals surface area contributed by atoms with Crippen molar-refractivity contribution in [2.24, 2.45) is 0 Å². The maximum Gasteiger partial charge on any atom is 1.00 e. The smallest absolute Gasteiger partial charge is 0.744 e. The van der Waals surface area contributed by atoms with Crippen LogP contribution in [-0.4, -0.2) is 38.1 Å². The number of hydrogen-bond donors (Lipinski definition) is 0. The number of esters is 2. The second-order valence-corrected chi connectivity index (χ2v) is 19.2. The Kier molecular flexibility index (Phi) is 45.7. The van der Waals surface area contributed by atoms with Crippen LogP contribution in [-0.2, 0) is 19.6 Å². The number of carbonyl (C=O) groups excluding carboxylic acids is 2. The van der Waals surface area contributed by atoms with Crippen molar-refractivity contribution in [3.63, 3.8) is 0 Å². The van der Waals surface area contributed by atoms with Gasteiger partial charge in [-0.2, -0.15) is 0 Å². The van der Waals surface area contributed by atoms with Gasteiger partial charge in [-0.25, -0.2) is 18.0 Å². The first-order chi connectivity index (χ1) is 30.3. The summed E-state index contributed by atoms with van der Waals surface area (Å²) in [5.41, 5.74) is -0.330. The molecule has 1 aromatic carbocycles. The van der Waals surface area contributed by atoms with Gasteiger partial charge >= 0.3 is 63.3 Å². The molecular weight excluding hydrogens is 832 g/mol. The fourth-order valence-electron chi connectivity index (χ4n) is 7.98. The average molecular weight is 925 g/mol. The van der Waals surface area contributed by atoms with Crippen molar-refractivity contribution < 1.29 is 83.4 Å². The third kappa shape index (κ3) is 38.9. The van der Waals surface area contributed by atoms with Gasteiger partial charge in [0.05, 0.1) is 29.2 Å². The molecule has 0 heterocycles. The Bertz CT molecular complexity index is 1380. The van der Waals surface area contributed by atoms with Crippen LogP contribution in [0, 0.1) is 0 Å². The molecule has 1 aromatic rings. The average Bonchev–Trinajstić information content (AvgIpc) is 3.26. The number of ether oxygens (including phenoxy) is 2. The Morgan fingerprint density at radius 2 is 0.698 bits per heavy atom. The molecule has 0 saturated carbocycles. The molecule has 0 unspecified atom stereocenters. The molecule has 0 aromatic heterocycles. The second kappa shape index (κ2) is 46.3. The molecule has 7 nitrogen and oxygen atoms in total. The minimum Gasteiger partial charge on any atom is -0.744 e. The Balaban J connectivity index is 0.0000384. The molecule has 0 amide bonds. The van der Waals surface area contributed by atoms with Crippen LogP contribution in [0.15, 0.2) is 47.4 Å². The molecule has 9 heteroatoms. The number of benzene rings is 1. The maximum absolute atomic E-state index is 13.0. The van der Waals surface area contributed by atoms with Crippen LogP contribution in [0.4, 0.5) is 0 Å². The monoisotopic (exact) mass is 925 g/mol. The predicted octanol–water partition coefficient (Wildman–Crippen LogP) is 13.9. The molecule has 0 radical (unpaired) electrons. The van der Waals surface area contributed by atoms with E-state index in [2.05, 4.69) is 38.2 Å². The number of allylic oxidation sites excluding steroid dienone is 4. The van der Waals surface area contributed by atoms with E-state index in [1.165, 1.54) is 205 Å². The largest absolute Gasteiger partial charge is 1.00 e. The standard InChI is InChI=1S/C54H94O7S.K/c1-3-5-7-9-11-13-15-17-19-21-23-25-27-29-31-33-35-37-39-41-43-47-60-53(55)51-46-45-50(62(57,58)59)49-52(51)54(56)61-48-44-42-40-38-36-34-32-30-28-26-24-22-20-18-16-14-12-10-8-6-4-2;/h13-16,45-46,49H,3-12,17-44,47-48H2,1-2H3,(H,57,58,59);/q;+1/p-1/b15-13+,16-14+;. The van der Waals surface area contributed by atoms with Crippen molar-refractivity contribution in [1.29, 1.82) is 0 Å². The SMILES string of the molecule is CCCCCC/C=C/CCCCCCCCCCCCCCCOC(=O)c1ccc(S(=O)(=O)[O-])cc1C(=O)OCCCCCCCCCCCCCCC/C=C/CCCCCC.[K+]. The van der Waals surface area contributed by atoms with Gasteiger partial charge in [0.2, 0.25) is 0 Å². The Morgan fingerprint density at radius 3 is 1.00 bits per heavy atom. The van der Waals surface area contributed by atoms with Gasteiger partial charge in [0, 0.05) is 0 Å². The summed E-state index contributed by atoms with van der Waals surface area (Å²) in [5.74, 6) is -1.54. The van der Waals surface area contributed by atoms with Gasteiger partial charge in [0.25, 0.3) is 0 Å². The van der Waals surface area contributed by atoms with Crippen molar-refractivity contribution in [2.45, 2.75) is 263 Å². The van der Waals surface area contributed by atoms with E-state index < -0.39 is 27.0 Å². The minimum atomic E-state index is -4.82. The van der Waals surface area contributed by atoms with Gasteiger partial charge in [-0.05, 0) is 82.4 Å². The molecular formula is C54H93KO7S. The molecule has 0 saturated heterocycles. The summed E-state index contributed by atoms with van der Waals surface area (Å²) < 4.78 is 46.0. The van der Waals surface area contributed by atoms with Crippen LogP contribution in [0.25, 0.3) is 0 Å². The molecule has 0 aliphatic carbocycles. The summed E-state index contributed by atoms with van der Waals surface area (Å²) in [6.07, 6.45) is 56.5. The van der Waals surface area contributed by atoms with Gasteiger partial charge in [0.1, 0.15) is 10.1 Å². The molecule has 0 N–H and O–H groups in total. The Hall–Kier alpha value is -0.814. The number of rotatable bonds is 45. The van der Waals surface area contributed by atoms with Gasteiger partial charge in [-0.1, -0.05) is 218 Å². The molecule has 358 valence electrons. The zero-order valence-corrected chi connectivity index (χ0v) is 45.0. The van der Waals surface area contributed by atoms with Gasteiger partial charge in [0.15, 0.2) is 0 Å². The second-order valence-electron chi connectivity index (χ2n) is 17.8. The predicted molar refractivity (Wildman–Crippen MR) is 260 cm³/mol. The fraction of sp³-hybridized carbons (Fsp3) is 0.778. The first kappa shape index (κ1) is 62.2. The number of hydrogen-bond acceptors (Lipinski definition) is 7. The molecule has 0 aliphatic rings. The van der Waals surface area contributed by atoms with E-state index in [-0.39, 0.29) is 75.7 Å². The summed E-state index contributed by atoms with van der Waals surface area (Å²) in [7, 11) is -4.82. The van der Waals surface area contributed by atoms with Crippen LogP contribution < -0.4 is 51.4 Å². The summed E-state index contributed by atoms with van der Waals surface area (Å²) in [6, 6.07) is 3.16. The minimum absolute atomic E-state index is 0. The Labute approximate surface area is 431 Å². The third-order valence-electron chi connectivity index (χ3n) is 12.0. The van der Waals surface area contributed by atoms with Crippen molar-refractivity contribution >= 4 is 22.1 Å². The van der Waals surface area contributed by atoms with Crippen LogP contribution in [0.3, 0.4) is 0 Å². The van der Waals surface area contributed by atoms with E-state index in [4.69, 9.17) is 9.47 Å². The van der Waals surface area contributed by atoms with Crippen LogP contribution in [0.1, 0.15) is 279 Å². The molecule has 0 atom stereocenters. The van der Waals surface area contributed by atoms with Crippen molar-refractivity contribution in [1.82, 2.24) is 0 Å². The van der Waals surface area contributed by atoms with Crippen LogP contribution in [0.5, 0.6) is 0 Å². The van der Waals surface area contributed by atoms with Crippen LogP contribution >= 0.6 is 0 Å². The van der Waals surface area contributed by atoms with E-state index >= 15 is 0 Å². The quantitative estimate of drug-likeness (QED) is 0.0211. The summed E-state index contributed by atoms with van der Waals surface area (Å²) in [6.45, 7) is 4.89. The maximum atomic E-state index is 13.0. The first-order valence-corrected chi connectivity index (χ1v) is 27.5. The van der Waals surface area contributed by atoms with Crippen molar-refractivity contribution in [3.05, 3.63) is 53.6 Å². The normalized spacial score (nSPS) is 11.7. The van der Waals surface area contributed by atoms with E-state index in [0.717, 1.165) is 44.2 Å².